The molecule has 10 nitrogen and oxygen atoms in total. The summed E-state index contributed by atoms with van der Waals surface area (Å²) in [5.74, 6) is -2.53. The number of nitrogens with zero attached hydrogens (tertiary/aromatic N) is 3. The van der Waals surface area contributed by atoms with Crippen LogP contribution in [0.4, 0.5) is 11.4 Å². The molecule has 0 aliphatic heterocycles. The molecule has 150 valence electrons. The monoisotopic (exact) mass is 391 g/mol. The number of carbonyl (C=O) groups is 2. The molecular weight excluding hydrogens is 370 g/mol. The minimum Gasteiger partial charge on any atom is -0.505 e. The summed E-state index contributed by atoms with van der Waals surface area (Å²) in [6.07, 6.45) is 0. The largest absolute Gasteiger partial charge is 0.505 e. The van der Waals surface area contributed by atoms with Crippen molar-refractivity contribution in [3.63, 3.8) is 0 Å². The van der Waals surface area contributed by atoms with Crippen LogP contribution in [0, 0.1) is 0 Å². The zero-order valence-electron chi connectivity index (χ0n) is 16.0. The Labute approximate surface area is 160 Å². The minimum atomic E-state index is -1.73. The van der Waals surface area contributed by atoms with Gasteiger partial charge in [0.05, 0.1) is 19.6 Å². The van der Waals surface area contributed by atoms with Crippen LogP contribution in [0.3, 0.4) is 0 Å². The van der Waals surface area contributed by atoms with E-state index in [9.17, 15) is 19.5 Å². The molecule has 0 spiro atoms. The van der Waals surface area contributed by atoms with E-state index in [1.54, 1.807) is 18.2 Å². The number of hydrogen-bond donors (Lipinski definition) is 1. The van der Waals surface area contributed by atoms with Crippen molar-refractivity contribution in [3.05, 3.63) is 28.6 Å². The molecule has 1 heterocycles. The van der Waals surface area contributed by atoms with Crippen LogP contribution in [0.5, 0.6) is 5.75 Å². The molecular formula is C18H21N3O7. The lowest BCUT2D eigenvalue weighted by Crippen LogP contribution is -2.30. The summed E-state index contributed by atoms with van der Waals surface area (Å²) in [6.45, 7) is 5.49. The summed E-state index contributed by atoms with van der Waals surface area (Å²) in [5, 5.41) is 17.7. The van der Waals surface area contributed by atoms with Gasteiger partial charge in [-0.25, -0.2) is 14.4 Å². The average molecular weight is 391 g/mol. The second-order valence-corrected chi connectivity index (χ2v) is 5.60. The van der Waals surface area contributed by atoms with Crippen LogP contribution in [0.1, 0.15) is 13.8 Å². The van der Waals surface area contributed by atoms with Crippen molar-refractivity contribution in [2.24, 2.45) is 10.2 Å². The summed E-state index contributed by atoms with van der Waals surface area (Å²) in [5.41, 5.74) is -0.519. The van der Waals surface area contributed by atoms with Gasteiger partial charge in [-0.3, -0.25) is 0 Å². The molecule has 0 saturated heterocycles. The van der Waals surface area contributed by atoms with E-state index in [2.05, 4.69) is 19.7 Å². The van der Waals surface area contributed by atoms with E-state index in [0.29, 0.717) is 0 Å². The molecule has 1 aromatic carbocycles. The van der Waals surface area contributed by atoms with Crippen LogP contribution in [0.15, 0.2) is 37.6 Å². The zero-order valence-corrected chi connectivity index (χ0v) is 16.0. The highest BCUT2D eigenvalue weighted by molar-refractivity contribution is 5.99. The summed E-state index contributed by atoms with van der Waals surface area (Å²) >= 11 is 0. The number of carbonyl (C=O) groups excluding carboxylic acids is 2. The van der Waals surface area contributed by atoms with Crippen LogP contribution < -0.4 is 10.5 Å². The normalized spacial score (nSPS) is 11.2. The van der Waals surface area contributed by atoms with Crippen molar-refractivity contribution in [3.8, 4) is 5.75 Å². The SMILES string of the molecule is CCN(CC)c1ccc2c(O)c(N=NC(C(=O)OC)C(=O)OC)c(=O)oc2c1. The van der Waals surface area contributed by atoms with Gasteiger partial charge in [0.15, 0.2) is 5.75 Å². The van der Waals surface area contributed by atoms with Crippen LogP contribution in [0.2, 0.25) is 0 Å². The lowest BCUT2D eigenvalue weighted by Gasteiger charge is -2.21. The van der Waals surface area contributed by atoms with E-state index in [-0.39, 0.29) is 11.0 Å². The maximum atomic E-state index is 12.2. The number of benzene rings is 1. The van der Waals surface area contributed by atoms with E-state index >= 15 is 0 Å². The molecule has 28 heavy (non-hydrogen) atoms. The smallest absolute Gasteiger partial charge is 0.368 e. The maximum absolute atomic E-state index is 12.2. The molecule has 2 rings (SSSR count). The lowest BCUT2D eigenvalue weighted by atomic mass is 10.1. The average Bonchev–Trinajstić information content (AvgIpc) is 2.70. The molecule has 0 saturated carbocycles. The fraction of sp³-hybridized carbons (Fsp3) is 0.389. The highest BCUT2D eigenvalue weighted by Crippen LogP contribution is 2.34. The fourth-order valence-electron chi connectivity index (χ4n) is 2.57. The molecule has 0 radical (unpaired) electrons. The van der Waals surface area contributed by atoms with E-state index in [1.165, 1.54) is 0 Å². The van der Waals surface area contributed by atoms with E-state index in [0.717, 1.165) is 33.0 Å². The van der Waals surface area contributed by atoms with Gasteiger partial charge in [0, 0.05) is 24.8 Å². The van der Waals surface area contributed by atoms with E-state index in [1.807, 2.05) is 18.7 Å². The fourth-order valence-corrected chi connectivity index (χ4v) is 2.57. The molecule has 1 aromatic heterocycles. The van der Waals surface area contributed by atoms with Gasteiger partial charge in [-0.15, -0.1) is 5.11 Å². The van der Waals surface area contributed by atoms with Gasteiger partial charge in [0.25, 0.3) is 6.04 Å². The highest BCUT2D eigenvalue weighted by Gasteiger charge is 2.29. The van der Waals surface area contributed by atoms with Crippen molar-refractivity contribution >= 4 is 34.3 Å². The molecule has 2 aromatic rings. The molecule has 0 amide bonds. The molecule has 10 heteroatoms. The van der Waals surface area contributed by atoms with Gasteiger partial charge in [-0.2, -0.15) is 5.11 Å². The van der Waals surface area contributed by atoms with Gasteiger partial charge in [-0.05, 0) is 26.0 Å². The topological polar surface area (TPSA) is 131 Å². The first-order valence-electron chi connectivity index (χ1n) is 8.49. The van der Waals surface area contributed by atoms with Crippen LogP contribution in [0.25, 0.3) is 11.0 Å². The van der Waals surface area contributed by atoms with Crippen LogP contribution in [-0.2, 0) is 19.1 Å². The summed E-state index contributed by atoms with van der Waals surface area (Å²) < 4.78 is 14.1. The summed E-state index contributed by atoms with van der Waals surface area (Å²) in [4.78, 5) is 37.5. The quantitative estimate of drug-likeness (QED) is 0.329. The third kappa shape index (κ3) is 4.11. The summed E-state index contributed by atoms with van der Waals surface area (Å²) in [6, 6.07) is 3.25. The second kappa shape index (κ2) is 8.98. The standard InChI is InChI=1S/C18H21N3O7/c1-5-21(6-2)10-7-8-11-12(9-10)28-18(25)13(15(11)22)19-20-14(16(23)26-3)17(24)27-4/h7-9,14,22H,5-6H2,1-4H3. The predicted molar refractivity (Wildman–Crippen MR) is 100 cm³/mol. The van der Waals surface area contributed by atoms with E-state index < -0.39 is 35.0 Å². The Morgan fingerprint density at radius 3 is 2.32 bits per heavy atom. The Morgan fingerprint density at radius 2 is 1.79 bits per heavy atom. The molecule has 0 unspecified atom stereocenters. The summed E-state index contributed by atoms with van der Waals surface area (Å²) in [7, 11) is 2.12. The number of rotatable bonds is 7. The highest BCUT2D eigenvalue weighted by atomic mass is 16.5. The lowest BCUT2D eigenvalue weighted by molar-refractivity contribution is -0.153. The molecule has 1 N–H and O–H groups in total. The van der Waals surface area contributed by atoms with E-state index in [4.69, 9.17) is 4.42 Å². The molecule has 0 aliphatic carbocycles. The number of azo groups is 1. The number of esters is 2. The van der Waals surface area contributed by atoms with Crippen LogP contribution >= 0.6 is 0 Å². The Hall–Kier alpha value is -3.43. The van der Waals surface area contributed by atoms with Crippen molar-refractivity contribution in [2.75, 3.05) is 32.2 Å². The Kier molecular flexibility index (Phi) is 6.69. The van der Waals surface area contributed by atoms with Gasteiger partial charge in [0.2, 0.25) is 5.69 Å². The van der Waals surface area contributed by atoms with Crippen molar-refractivity contribution in [1.82, 2.24) is 0 Å². The van der Waals surface area contributed by atoms with Crippen molar-refractivity contribution < 1.29 is 28.6 Å². The second-order valence-electron chi connectivity index (χ2n) is 5.60. The van der Waals surface area contributed by atoms with Gasteiger partial charge >= 0.3 is 17.6 Å². The number of hydrogen-bond acceptors (Lipinski definition) is 10. The first-order valence-corrected chi connectivity index (χ1v) is 8.49. The van der Waals surface area contributed by atoms with Crippen molar-refractivity contribution in [1.29, 1.82) is 0 Å². The predicted octanol–water partition coefficient (Wildman–Crippen LogP) is 2.14. The molecule has 0 bridgehead atoms. The minimum absolute atomic E-state index is 0.170. The Bertz CT molecular complexity index is 948. The van der Waals surface area contributed by atoms with Gasteiger partial charge < -0.3 is 23.9 Å². The maximum Gasteiger partial charge on any atom is 0.368 e. The number of aromatic hydroxyl groups is 1. The van der Waals surface area contributed by atoms with Crippen LogP contribution in [-0.4, -0.2) is 50.4 Å². The molecule has 0 fully saturated rings. The molecule has 0 aliphatic rings. The zero-order chi connectivity index (χ0) is 20.8. The first kappa shape index (κ1) is 20.9. The van der Waals surface area contributed by atoms with Crippen molar-refractivity contribution in [2.45, 2.75) is 19.9 Å². The van der Waals surface area contributed by atoms with Gasteiger partial charge in [0.1, 0.15) is 5.58 Å². The molecule has 0 atom stereocenters. The number of methoxy groups -OCH3 is 2. The van der Waals surface area contributed by atoms with Gasteiger partial charge in [-0.1, -0.05) is 0 Å². The number of ether oxygens (including phenoxy) is 2. The Morgan fingerprint density at radius 1 is 1.18 bits per heavy atom. The third-order valence-electron chi connectivity index (χ3n) is 4.09. The Balaban J connectivity index is 2.51. The first-order chi connectivity index (χ1) is 13.4. The number of anilines is 1. The third-order valence-corrected chi connectivity index (χ3v) is 4.09. The number of fused-ring (bicyclic) bond motifs is 1.